The highest BCUT2D eigenvalue weighted by Gasteiger charge is 2.26. The van der Waals surface area contributed by atoms with Gasteiger partial charge in [-0.2, -0.15) is 0 Å². The van der Waals surface area contributed by atoms with E-state index in [9.17, 15) is 5.11 Å². The number of hydrogen-bond donors (Lipinski definition) is 1. The highest BCUT2D eigenvalue weighted by molar-refractivity contribution is 5.84. The summed E-state index contributed by atoms with van der Waals surface area (Å²) < 4.78 is 0. The molecule has 1 atom stereocenters. The molecule has 4 rings (SSSR count). The minimum atomic E-state index is -0.569. The van der Waals surface area contributed by atoms with E-state index in [0.717, 1.165) is 39.2 Å². The fourth-order valence-corrected chi connectivity index (χ4v) is 3.26. The highest BCUT2D eigenvalue weighted by Crippen LogP contribution is 2.44. The Hall–Kier alpha value is -2.91. The summed E-state index contributed by atoms with van der Waals surface area (Å²) in [5.74, 6) is 0. The van der Waals surface area contributed by atoms with E-state index in [1.807, 2.05) is 56.7 Å². The molecule has 0 spiro atoms. The lowest BCUT2D eigenvalue weighted by molar-refractivity contribution is 0.225. The maximum Gasteiger partial charge on any atom is 0.105 e. The largest absolute Gasteiger partial charge is 0.384 e. The second-order valence-electron chi connectivity index (χ2n) is 6.51. The molecule has 1 aliphatic carbocycles. The molecule has 0 unspecified atom stereocenters. The van der Waals surface area contributed by atoms with Gasteiger partial charge in [0.05, 0.1) is 5.69 Å². The molecule has 0 aromatic heterocycles. The van der Waals surface area contributed by atoms with Gasteiger partial charge in [-0.15, -0.1) is 0 Å². The lowest BCUT2D eigenvalue weighted by Crippen LogP contribution is -2.08. The smallest absolute Gasteiger partial charge is 0.105 e. The van der Waals surface area contributed by atoms with Crippen molar-refractivity contribution in [2.45, 2.75) is 6.10 Å². The predicted octanol–water partition coefficient (Wildman–Crippen LogP) is 4.57. The van der Waals surface area contributed by atoms with E-state index in [-0.39, 0.29) is 0 Å². The minimum Gasteiger partial charge on any atom is -0.384 e. The van der Waals surface area contributed by atoms with Crippen LogP contribution in [-0.2, 0) is 0 Å². The SMILES string of the molecule is CN(C)c1ccc(C=Nc2ccc3c(c2)[C@H](O)c2ccccc2-3)cc1. The van der Waals surface area contributed by atoms with Crippen LogP contribution in [0.25, 0.3) is 11.1 Å². The summed E-state index contributed by atoms with van der Waals surface area (Å²) in [6.45, 7) is 0. The first-order chi connectivity index (χ1) is 12.1. The molecule has 0 heterocycles. The molecule has 3 aromatic carbocycles. The van der Waals surface area contributed by atoms with Gasteiger partial charge in [-0.3, -0.25) is 4.99 Å². The molecular weight excluding hydrogens is 308 g/mol. The Labute approximate surface area is 147 Å². The maximum absolute atomic E-state index is 10.6. The number of aliphatic imine (C=N–C) groups is 1. The third kappa shape index (κ3) is 2.83. The van der Waals surface area contributed by atoms with Gasteiger partial charge in [0.2, 0.25) is 0 Å². The lowest BCUT2D eigenvalue weighted by Gasteiger charge is -2.11. The zero-order valence-electron chi connectivity index (χ0n) is 14.3. The zero-order chi connectivity index (χ0) is 17.4. The van der Waals surface area contributed by atoms with E-state index in [0.29, 0.717) is 0 Å². The van der Waals surface area contributed by atoms with Crippen molar-refractivity contribution < 1.29 is 5.11 Å². The number of anilines is 1. The van der Waals surface area contributed by atoms with Crippen LogP contribution in [0, 0.1) is 0 Å². The van der Waals surface area contributed by atoms with Crippen LogP contribution in [0.15, 0.2) is 71.7 Å². The Morgan fingerprint density at radius 2 is 1.60 bits per heavy atom. The molecule has 124 valence electrons. The van der Waals surface area contributed by atoms with Crippen molar-refractivity contribution in [1.82, 2.24) is 0 Å². The highest BCUT2D eigenvalue weighted by atomic mass is 16.3. The summed E-state index contributed by atoms with van der Waals surface area (Å²) in [6, 6.07) is 22.3. The summed E-state index contributed by atoms with van der Waals surface area (Å²) in [4.78, 5) is 6.65. The van der Waals surface area contributed by atoms with Crippen LogP contribution < -0.4 is 4.90 Å². The van der Waals surface area contributed by atoms with E-state index in [2.05, 4.69) is 40.2 Å². The summed E-state index contributed by atoms with van der Waals surface area (Å²) in [5.41, 5.74) is 7.17. The summed E-state index contributed by atoms with van der Waals surface area (Å²) in [6.07, 6.45) is 1.29. The Kier molecular flexibility index (Phi) is 3.86. The fraction of sp³-hybridized carbons (Fsp3) is 0.136. The van der Waals surface area contributed by atoms with Crippen molar-refractivity contribution in [1.29, 1.82) is 0 Å². The van der Waals surface area contributed by atoms with Crippen molar-refractivity contribution in [3.05, 3.63) is 83.4 Å². The Morgan fingerprint density at radius 3 is 2.36 bits per heavy atom. The van der Waals surface area contributed by atoms with Crippen molar-refractivity contribution in [2.24, 2.45) is 4.99 Å². The number of fused-ring (bicyclic) bond motifs is 3. The van der Waals surface area contributed by atoms with Gasteiger partial charge in [0.15, 0.2) is 0 Å². The maximum atomic E-state index is 10.6. The van der Waals surface area contributed by atoms with E-state index >= 15 is 0 Å². The number of aliphatic hydroxyl groups is 1. The molecule has 25 heavy (non-hydrogen) atoms. The van der Waals surface area contributed by atoms with E-state index in [1.54, 1.807) is 0 Å². The van der Waals surface area contributed by atoms with Crippen LogP contribution in [-0.4, -0.2) is 25.4 Å². The third-order valence-electron chi connectivity index (χ3n) is 4.65. The van der Waals surface area contributed by atoms with Crippen molar-refractivity contribution >= 4 is 17.6 Å². The monoisotopic (exact) mass is 328 g/mol. The third-order valence-corrected chi connectivity index (χ3v) is 4.65. The van der Waals surface area contributed by atoms with Crippen molar-refractivity contribution in [3.63, 3.8) is 0 Å². The first-order valence-electron chi connectivity index (χ1n) is 8.36. The van der Waals surface area contributed by atoms with Crippen LogP contribution in [0.1, 0.15) is 22.8 Å². The van der Waals surface area contributed by atoms with Gasteiger partial charge in [0.25, 0.3) is 0 Å². The predicted molar refractivity (Wildman–Crippen MR) is 104 cm³/mol. The van der Waals surface area contributed by atoms with Gasteiger partial charge >= 0.3 is 0 Å². The second kappa shape index (κ2) is 6.19. The Balaban J connectivity index is 1.61. The van der Waals surface area contributed by atoms with Gasteiger partial charge in [-0.05, 0) is 52.1 Å². The zero-order valence-corrected chi connectivity index (χ0v) is 14.3. The van der Waals surface area contributed by atoms with E-state index in [1.165, 1.54) is 0 Å². The molecule has 0 amide bonds. The number of aliphatic hydroxyl groups excluding tert-OH is 1. The molecule has 0 saturated carbocycles. The summed E-state index contributed by atoms with van der Waals surface area (Å²) >= 11 is 0. The Bertz CT molecular complexity index is 942. The number of benzene rings is 3. The Morgan fingerprint density at radius 1 is 0.880 bits per heavy atom. The normalized spacial score (nSPS) is 15.2. The second-order valence-corrected chi connectivity index (χ2v) is 6.51. The molecule has 0 fully saturated rings. The molecule has 0 aliphatic heterocycles. The molecule has 3 aromatic rings. The van der Waals surface area contributed by atoms with E-state index < -0.39 is 6.10 Å². The quantitative estimate of drug-likeness (QED) is 0.715. The van der Waals surface area contributed by atoms with Crippen LogP contribution >= 0.6 is 0 Å². The number of rotatable bonds is 3. The first-order valence-corrected chi connectivity index (χ1v) is 8.36. The molecular formula is C22H20N2O. The first kappa shape index (κ1) is 15.6. The average molecular weight is 328 g/mol. The standard InChI is InChI=1S/C22H20N2O/c1-24(2)17-10-7-15(8-11-17)14-23-16-9-12-19-18-5-3-4-6-20(18)22(25)21(19)13-16/h3-14,22,25H,1-2H3/t22-/m1/s1. The number of hydrogen-bond acceptors (Lipinski definition) is 3. The molecule has 1 aliphatic rings. The van der Waals surface area contributed by atoms with Crippen molar-refractivity contribution in [3.8, 4) is 11.1 Å². The molecule has 1 N–H and O–H groups in total. The molecule has 3 heteroatoms. The van der Waals surface area contributed by atoms with Crippen LogP contribution in [0.4, 0.5) is 11.4 Å². The van der Waals surface area contributed by atoms with Crippen molar-refractivity contribution in [2.75, 3.05) is 19.0 Å². The lowest BCUT2D eigenvalue weighted by atomic mass is 10.1. The molecule has 3 nitrogen and oxygen atoms in total. The van der Waals surface area contributed by atoms with Gasteiger partial charge in [-0.1, -0.05) is 42.5 Å². The van der Waals surface area contributed by atoms with Gasteiger partial charge < -0.3 is 10.0 Å². The summed E-state index contributed by atoms with van der Waals surface area (Å²) in [7, 11) is 4.05. The van der Waals surface area contributed by atoms with Gasteiger partial charge in [0, 0.05) is 26.0 Å². The fourth-order valence-electron chi connectivity index (χ4n) is 3.26. The van der Waals surface area contributed by atoms with Gasteiger partial charge in [-0.25, -0.2) is 0 Å². The van der Waals surface area contributed by atoms with Crippen LogP contribution in [0.3, 0.4) is 0 Å². The molecule has 0 radical (unpaired) electrons. The molecule has 0 saturated heterocycles. The minimum absolute atomic E-state index is 0.569. The van der Waals surface area contributed by atoms with Crippen LogP contribution in [0.2, 0.25) is 0 Å². The topological polar surface area (TPSA) is 35.8 Å². The van der Waals surface area contributed by atoms with Crippen LogP contribution in [0.5, 0.6) is 0 Å². The molecule has 0 bridgehead atoms. The van der Waals surface area contributed by atoms with E-state index in [4.69, 9.17) is 0 Å². The summed E-state index contributed by atoms with van der Waals surface area (Å²) in [5, 5.41) is 10.6. The average Bonchev–Trinajstić information content (AvgIpc) is 2.93. The number of nitrogens with zero attached hydrogens (tertiary/aromatic N) is 2. The van der Waals surface area contributed by atoms with Gasteiger partial charge in [0.1, 0.15) is 6.10 Å².